The number of allylic oxidation sites excluding steroid dienone is 1. The topological polar surface area (TPSA) is 38.7 Å². The fraction of sp³-hybridized carbons (Fsp3) is 0.158. The standard InChI is InChI=1S/C19H19NO2S/c1-3-4-10-19(20-22-15(2)21)16-11-13-18(14-12-16)23-17-8-6-5-7-9-17/h3,5-9,11-14H,1,4,10H2,2H3. The van der Waals surface area contributed by atoms with Gasteiger partial charge in [-0.1, -0.05) is 53.3 Å². The second-order valence-electron chi connectivity index (χ2n) is 4.89. The van der Waals surface area contributed by atoms with Crippen molar-refractivity contribution < 1.29 is 9.63 Å². The van der Waals surface area contributed by atoms with E-state index in [9.17, 15) is 4.79 Å². The van der Waals surface area contributed by atoms with E-state index in [1.807, 2.05) is 48.5 Å². The van der Waals surface area contributed by atoms with Crippen LogP contribution in [0.15, 0.2) is 82.2 Å². The molecule has 0 aromatic heterocycles. The van der Waals surface area contributed by atoms with E-state index in [1.54, 1.807) is 11.8 Å². The number of nitrogens with zero attached hydrogens (tertiary/aromatic N) is 1. The zero-order valence-electron chi connectivity index (χ0n) is 13.1. The summed E-state index contributed by atoms with van der Waals surface area (Å²) in [5.74, 6) is -0.419. The zero-order valence-corrected chi connectivity index (χ0v) is 13.9. The van der Waals surface area contributed by atoms with Gasteiger partial charge in [0.2, 0.25) is 0 Å². The molecule has 0 radical (unpaired) electrons. The molecule has 0 aliphatic heterocycles. The third-order valence-corrected chi connectivity index (χ3v) is 4.05. The molecule has 2 rings (SSSR count). The largest absolute Gasteiger partial charge is 0.331 e. The van der Waals surface area contributed by atoms with Crippen molar-refractivity contribution in [3.8, 4) is 0 Å². The lowest BCUT2D eigenvalue weighted by Crippen LogP contribution is -2.03. The molecular formula is C19H19NO2S. The summed E-state index contributed by atoms with van der Waals surface area (Å²) in [7, 11) is 0. The predicted molar refractivity (Wildman–Crippen MR) is 94.7 cm³/mol. The lowest BCUT2D eigenvalue weighted by molar-refractivity contribution is -0.140. The van der Waals surface area contributed by atoms with E-state index >= 15 is 0 Å². The monoisotopic (exact) mass is 325 g/mol. The zero-order chi connectivity index (χ0) is 16.5. The van der Waals surface area contributed by atoms with Crippen LogP contribution in [0.25, 0.3) is 0 Å². The highest BCUT2D eigenvalue weighted by atomic mass is 32.2. The second-order valence-corrected chi connectivity index (χ2v) is 6.03. The summed E-state index contributed by atoms with van der Waals surface area (Å²) in [6, 6.07) is 18.3. The van der Waals surface area contributed by atoms with E-state index in [1.165, 1.54) is 11.8 Å². The Hall–Kier alpha value is -2.33. The molecule has 0 amide bonds. The first-order chi connectivity index (χ1) is 11.2. The van der Waals surface area contributed by atoms with E-state index in [2.05, 4.69) is 23.9 Å². The van der Waals surface area contributed by atoms with E-state index in [-0.39, 0.29) is 0 Å². The number of carbonyl (C=O) groups is 1. The number of carbonyl (C=O) groups excluding carboxylic acids is 1. The van der Waals surface area contributed by atoms with Gasteiger partial charge in [-0.15, -0.1) is 6.58 Å². The van der Waals surface area contributed by atoms with Crippen molar-refractivity contribution in [1.29, 1.82) is 0 Å². The van der Waals surface area contributed by atoms with E-state index < -0.39 is 5.97 Å². The Morgan fingerprint density at radius 3 is 2.39 bits per heavy atom. The minimum Gasteiger partial charge on any atom is -0.318 e. The molecular weight excluding hydrogens is 306 g/mol. The van der Waals surface area contributed by atoms with Gasteiger partial charge in [-0.2, -0.15) is 0 Å². The third-order valence-electron chi connectivity index (χ3n) is 3.04. The Kier molecular flexibility index (Phi) is 6.63. The molecule has 0 spiro atoms. The first-order valence-electron chi connectivity index (χ1n) is 7.37. The molecule has 0 aliphatic carbocycles. The predicted octanol–water partition coefficient (Wildman–Crippen LogP) is 5.07. The second kappa shape index (κ2) is 8.96. The molecule has 0 saturated heterocycles. The number of hydrogen-bond acceptors (Lipinski definition) is 4. The van der Waals surface area contributed by atoms with Crippen LogP contribution in [0.2, 0.25) is 0 Å². The fourth-order valence-corrected chi connectivity index (χ4v) is 2.78. The molecule has 0 saturated carbocycles. The Morgan fingerprint density at radius 2 is 1.78 bits per heavy atom. The summed E-state index contributed by atoms with van der Waals surface area (Å²) in [5.41, 5.74) is 1.70. The highest BCUT2D eigenvalue weighted by molar-refractivity contribution is 7.99. The van der Waals surface area contributed by atoms with Crippen molar-refractivity contribution in [2.45, 2.75) is 29.6 Å². The lowest BCUT2D eigenvalue weighted by atomic mass is 10.1. The maximum absolute atomic E-state index is 11.0. The van der Waals surface area contributed by atoms with Gasteiger partial charge in [-0.25, -0.2) is 4.79 Å². The Morgan fingerprint density at radius 1 is 1.13 bits per heavy atom. The minimum atomic E-state index is -0.419. The third kappa shape index (κ3) is 5.75. The molecule has 0 aliphatic rings. The average molecular weight is 325 g/mol. The van der Waals surface area contributed by atoms with Crippen LogP contribution in [0.3, 0.4) is 0 Å². The van der Waals surface area contributed by atoms with Gasteiger partial charge in [0.1, 0.15) is 0 Å². The van der Waals surface area contributed by atoms with Crippen LogP contribution in [0.5, 0.6) is 0 Å². The molecule has 23 heavy (non-hydrogen) atoms. The summed E-state index contributed by atoms with van der Waals surface area (Å²) in [6.45, 7) is 5.06. The van der Waals surface area contributed by atoms with Gasteiger partial charge in [0.15, 0.2) is 0 Å². The van der Waals surface area contributed by atoms with Gasteiger partial charge < -0.3 is 4.84 Å². The van der Waals surface area contributed by atoms with Gasteiger partial charge in [-0.05, 0) is 42.7 Å². The number of rotatable bonds is 7. The van der Waals surface area contributed by atoms with Crippen LogP contribution in [-0.2, 0) is 9.63 Å². The summed E-state index contributed by atoms with van der Waals surface area (Å²) in [6.07, 6.45) is 3.28. The summed E-state index contributed by atoms with van der Waals surface area (Å²) in [4.78, 5) is 18.1. The van der Waals surface area contributed by atoms with Crippen molar-refractivity contribution in [2.24, 2.45) is 5.16 Å². The SMILES string of the molecule is C=CCCC(=NOC(C)=O)c1ccc(Sc2ccccc2)cc1. The van der Waals surface area contributed by atoms with Crippen LogP contribution >= 0.6 is 11.8 Å². The molecule has 0 atom stereocenters. The Bertz CT molecular complexity index is 678. The molecule has 0 bridgehead atoms. The number of oxime groups is 1. The van der Waals surface area contributed by atoms with Crippen LogP contribution in [0.1, 0.15) is 25.3 Å². The lowest BCUT2D eigenvalue weighted by Gasteiger charge is -2.06. The van der Waals surface area contributed by atoms with E-state index in [4.69, 9.17) is 4.84 Å². The van der Waals surface area contributed by atoms with Crippen LogP contribution in [-0.4, -0.2) is 11.7 Å². The molecule has 118 valence electrons. The summed E-state index contributed by atoms with van der Waals surface area (Å²) >= 11 is 1.70. The Labute approximate surface area is 141 Å². The van der Waals surface area contributed by atoms with Crippen molar-refractivity contribution in [2.75, 3.05) is 0 Å². The highest BCUT2D eigenvalue weighted by Crippen LogP contribution is 2.27. The first-order valence-corrected chi connectivity index (χ1v) is 8.19. The normalized spacial score (nSPS) is 11.1. The van der Waals surface area contributed by atoms with Gasteiger partial charge in [0.25, 0.3) is 0 Å². The number of hydrogen-bond donors (Lipinski definition) is 0. The smallest absolute Gasteiger partial charge is 0.318 e. The molecule has 4 heteroatoms. The molecule has 2 aromatic carbocycles. The van der Waals surface area contributed by atoms with Gasteiger partial charge in [0.05, 0.1) is 5.71 Å². The quantitative estimate of drug-likeness (QED) is 0.309. The molecule has 0 N–H and O–H groups in total. The highest BCUT2D eigenvalue weighted by Gasteiger charge is 2.06. The maximum atomic E-state index is 11.0. The molecule has 0 fully saturated rings. The number of benzene rings is 2. The van der Waals surface area contributed by atoms with Gasteiger partial charge >= 0.3 is 5.97 Å². The molecule has 2 aromatic rings. The van der Waals surface area contributed by atoms with Crippen LogP contribution < -0.4 is 0 Å². The van der Waals surface area contributed by atoms with E-state index in [0.717, 1.165) is 22.6 Å². The van der Waals surface area contributed by atoms with E-state index in [0.29, 0.717) is 6.42 Å². The summed E-state index contributed by atoms with van der Waals surface area (Å²) in [5, 5.41) is 3.96. The molecule has 3 nitrogen and oxygen atoms in total. The van der Waals surface area contributed by atoms with Crippen molar-refractivity contribution >= 4 is 23.4 Å². The molecule has 0 unspecified atom stereocenters. The average Bonchev–Trinajstić information content (AvgIpc) is 2.57. The van der Waals surface area contributed by atoms with Crippen molar-refractivity contribution in [3.63, 3.8) is 0 Å². The maximum Gasteiger partial charge on any atom is 0.331 e. The molecule has 0 heterocycles. The summed E-state index contributed by atoms with van der Waals surface area (Å²) < 4.78 is 0. The van der Waals surface area contributed by atoms with Crippen LogP contribution in [0.4, 0.5) is 0 Å². The first kappa shape index (κ1) is 17.0. The van der Waals surface area contributed by atoms with Crippen molar-refractivity contribution in [3.05, 3.63) is 72.8 Å². The van der Waals surface area contributed by atoms with Gasteiger partial charge in [0, 0.05) is 16.7 Å². The fourth-order valence-electron chi connectivity index (χ4n) is 1.94. The van der Waals surface area contributed by atoms with Gasteiger partial charge in [-0.3, -0.25) is 0 Å². The van der Waals surface area contributed by atoms with Crippen LogP contribution in [0, 0.1) is 0 Å². The van der Waals surface area contributed by atoms with Crippen molar-refractivity contribution in [1.82, 2.24) is 0 Å². The Balaban J connectivity index is 2.12. The minimum absolute atomic E-state index is 0.419.